The standard InChI is InChI=1S/C21H28O3/c1-2-3-4-5-6-7-8-9-14-18-17-13-11-10-12-16(17)15-19(20(18)22)21(23)24/h10-13,15,22H,2-9,14H2,1H3,(H,23,24). The minimum atomic E-state index is -1.07. The van der Waals surface area contributed by atoms with E-state index in [0.29, 0.717) is 0 Å². The van der Waals surface area contributed by atoms with Gasteiger partial charge < -0.3 is 10.2 Å². The normalized spacial score (nSPS) is 11.0. The molecule has 0 aliphatic heterocycles. The summed E-state index contributed by atoms with van der Waals surface area (Å²) in [4.78, 5) is 11.4. The molecule has 0 heterocycles. The molecule has 2 rings (SSSR count). The highest BCUT2D eigenvalue weighted by molar-refractivity contribution is 5.99. The van der Waals surface area contributed by atoms with Crippen LogP contribution in [0.25, 0.3) is 10.8 Å². The Kier molecular flexibility index (Phi) is 7.10. The fourth-order valence-electron chi connectivity index (χ4n) is 3.26. The van der Waals surface area contributed by atoms with Crippen LogP contribution in [0.4, 0.5) is 0 Å². The maximum absolute atomic E-state index is 11.4. The predicted molar refractivity (Wildman–Crippen MR) is 98.9 cm³/mol. The van der Waals surface area contributed by atoms with Gasteiger partial charge in [0.1, 0.15) is 11.3 Å². The lowest BCUT2D eigenvalue weighted by atomic mass is 9.95. The summed E-state index contributed by atoms with van der Waals surface area (Å²) in [7, 11) is 0. The lowest BCUT2D eigenvalue weighted by molar-refractivity contribution is 0.0693. The third kappa shape index (κ3) is 4.73. The lowest BCUT2D eigenvalue weighted by Gasteiger charge is -2.12. The number of phenols is 1. The van der Waals surface area contributed by atoms with Crippen molar-refractivity contribution in [1.29, 1.82) is 0 Å². The molecule has 2 aromatic carbocycles. The topological polar surface area (TPSA) is 57.5 Å². The van der Waals surface area contributed by atoms with Crippen LogP contribution in [-0.2, 0) is 6.42 Å². The second kappa shape index (κ2) is 9.31. The summed E-state index contributed by atoms with van der Waals surface area (Å²) < 4.78 is 0. The van der Waals surface area contributed by atoms with Crippen LogP contribution in [0.3, 0.4) is 0 Å². The van der Waals surface area contributed by atoms with Gasteiger partial charge in [-0.3, -0.25) is 0 Å². The van der Waals surface area contributed by atoms with Gasteiger partial charge in [0.2, 0.25) is 0 Å². The summed E-state index contributed by atoms with van der Waals surface area (Å²) in [5, 5.41) is 21.5. The molecule has 0 aliphatic rings. The first-order valence-corrected chi connectivity index (χ1v) is 9.12. The fourth-order valence-corrected chi connectivity index (χ4v) is 3.26. The predicted octanol–water partition coefficient (Wildman–Crippen LogP) is 5.93. The molecule has 0 radical (unpaired) electrons. The van der Waals surface area contributed by atoms with E-state index in [1.54, 1.807) is 6.07 Å². The summed E-state index contributed by atoms with van der Waals surface area (Å²) in [5.74, 6) is -1.14. The molecule has 0 aliphatic carbocycles. The lowest BCUT2D eigenvalue weighted by Crippen LogP contribution is -2.00. The van der Waals surface area contributed by atoms with Crippen LogP contribution in [0.1, 0.15) is 74.2 Å². The van der Waals surface area contributed by atoms with Crippen molar-refractivity contribution in [2.75, 3.05) is 0 Å². The van der Waals surface area contributed by atoms with Gasteiger partial charge in [-0.05, 0) is 29.7 Å². The first-order valence-electron chi connectivity index (χ1n) is 9.12. The maximum atomic E-state index is 11.4. The van der Waals surface area contributed by atoms with Gasteiger partial charge in [0, 0.05) is 5.56 Å². The summed E-state index contributed by atoms with van der Waals surface area (Å²) in [6.07, 6.45) is 10.5. The largest absolute Gasteiger partial charge is 0.507 e. The Morgan fingerprint density at radius 1 is 0.958 bits per heavy atom. The second-order valence-electron chi connectivity index (χ2n) is 6.50. The Hall–Kier alpha value is -2.03. The molecule has 2 N–H and O–H groups in total. The van der Waals surface area contributed by atoms with Gasteiger partial charge in [0.25, 0.3) is 0 Å². The first kappa shape index (κ1) is 18.3. The van der Waals surface area contributed by atoms with Gasteiger partial charge in [0.05, 0.1) is 0 Å². The summed E-state index contributed by atoms with van der Waals surface area (Å²) in [6, 6.07) is 9.24. The molecule has 0 spiro atoms. The van der Waals surface area contributed by atoms with Crippen LogP contribution in [0.15, 0.2) is 30.3 Å². The zero-order valence-corrected chi connectivity index (χ0v) is 14.6. The molecule has 0 amide bonds. The number of benzene rings is 2. The van der Waals surface area contributed by atoms with Crippen molar-refractivity contribution >= 4 is 16.7 Å². The number of hydrogen-bond donors (Lipinski definition) is 2. The van der Waals surface area contributed by atoms with Crippen LogP contribution in [0.2, 0.25) is 0 Å². The Bertz CT molecular complexity index is 676. The van der Waals surface area contributed by atoms with Crippen molar-refractivity contribution in [1.82, 2.24) is 0 Å². The molecule has 0 aromatic heterocycles. The molecule has 0 unspecified atom stereocenters. The summed E-state index contributed by atoms with van der Waals surface area (Å²) in [5.41, 5.74) is 0.778. The van der Waals surface area contributed by atoms with E-state index in [4.69, 9.17) is 0 Å². The van der Waals surface area contributed by atoms with Crippen molar-refractivity contribution < 1.29 is 15.0 Å². The highest BCUT2D eigenvalue weighted by atomic mass is 16.4. The third-order valence-corrected chi connectivity index (χ3v) is 4.64. The van der Waals surface area contributed by atoms with Gasteiger partial charge in [-0.1, -0.05) is 76.1 Å². The summed E-state index contributed by atoms with van der Waals surface area (Å²) in [6.45, 7) is 2.22. The molecular formula is C21H28O3. The monoisotopic (exact) mass is 328 g/mol. The van der Waals surface area contributed by atoms with E-state index >= 15 is 0 Å². The molecule has 3 heteroatoms. The number of aryl methyl sites for hydroxylation is 1. The van der Waals surface area contributed by atoms with E-state index in [0.717, 1.165) is 35.6 Å². The van der Waals surface area contributed by atoms with E-state index in [9.17, 15) is 15.0 Å². The second-order valence-corrected chi connectivity index (χ2v) is 6.50. The van der Waals surface area contributed by atoms with Crippen LogP contribution in [0, 0.1) is 0 Å². The number of aromatic carboxylic acids is 1. The number of rotatable bonds is 10. The molecule has 0 saturated carbocycles. The maximum Gasteiger partial charge on any atom is 0.339 e. The molecule has 3 nitrogen and oxygen atoms in total. The highest BCUT2D eigenvalue weighted by Gasteiger charge is 2.16. The van der Waals surface area contributed by atoms with Gasteiger partial charge in [-0.25, -0.2) is 4.79 Å². The minimum absolute atomic E-state index is 0.00302. The van der Waals surface area contributed by atoms with E-state index in [1.807, 2.05) is 24.3 Å². The molecule has 0 saturated heterocycles. The van der Waals surface area contributed by atoms with Crippen molar-refractivity contribution in [3.05, 3.63) is 41.5 Å². The quantitative estimate of drug-likeness (QED) is 0.532. The van der Waals surface area contributed by atoms with Crippen LogP contribution in [0.5, 0.6) is 5.75 Å². The first-order chi connectivity index (χ1) is 11.6. The Morgan fingerprint density at radius 2 is 1.58 bits per heavy atom. The molecule has 130 valence electrons. The van der Waals surface area contributed by atoms with E-state index < -0.39 is 5.97 Å². The van der Waals surface area contributed by atoms with Gasteiger partial charge in [-0.15, -0.1) is 0 Å². The number of aromatic hydroxyl groups is 1. The van der Waals surface area contributed by atoms with Gasteiger partial charge in [0.15, 0.2) is 0 Å². The Morgan fingerprint density at radius 3 is 2.25 bits per heavy atom. The third-order valence-electron chi connectivity index (χ3n) is 4.64. The average Bonchev–Trinajstić information content (AvgIpc) is 2.58. The molecule has 0 atom stereocenters. The SMILES string of the molecule is CCCCCCCCCCc1c(O)c(C(=O)O)cc2ccccc12. The van der Waals surface area contributed by atoms with E-state index in [2.05, 4.69) is 6.92 Å². The number of fused-ring (bicyclic) bond motifs is 1. The smallest absolute Gasteiger partial charge is 0.339 e. The molecular weight excluding hydrogens is 300 g/mol. The van der Waals surface area contributed by atoms with Gasteiger partial charge in [-0.2, -0.15) is 0 Å². The zero-order valence-electron chi connectivity index (χ0n) is 14.6. The Balaban J connectivity index is 2.00. The van der Waals surface area contributed by atoms with Gasteiger partial charge >= 0.3 is 5.97 Å². The van der Waals surface area contributed by atoms with E-state index in [-0.39, 0.29) is 11.3 Å². The van der Waals surface area contributed by atoms with Crippen molar-refractivity contribution in [2.45, 2.75) is 64.7 Å². The number of carbonyl (C=O) groups is 1. The molecule has 0 fully saturated rings. The molecule has 2 aromatic rings. The number of carboxylic acid groups (broad SMARTS) is 1. The molecule has 24 heavy (non-hydrogen) atoms. The van der Waals surface area contributed by atoms with Crippen LogP contribution < -0.4 is 0 Å². The fraction of sp³-hybridized carbons (Fsp3) is 0.476. The van der Waals surface area contributed by atoms with Crippen molar-refractivity contribution in [2.24, 2.45) is 0 Å². The van der Waals surface area contributed by atoms with Crippen molar-refractivity contribution in [3.63, 3.8) is 0 Å². The van der Waals surface area contributed by atoms with Crippen molar-refractivity contribution in [3.8, 4) is 5.75 Å². The number of hydrogen-bond acceptors (Lipinski definition) is 2. The zero-order chi connectivity index (χ0) is 17.4. The summed E-state index contributed by atoms with van der Waals surface area (Å²) >= 11 is 0. The highest BCUT2D eigenvalue weighted by Crippen LogP contribution is 2.32. The van der Waals surface area contributed by atoms with Crippen LogP contribution >= 0.6 is 0 Å². The Labute approximate surface area is 144 Å². The molecule has 0 bridgehead atoms. The van der Waals surface area contributed by atoms with Crippen LogP contribution in [-0.4, -0.2) is 16.2 Å². The van der Waals surface area contributed by atoms with E-state index in [1.165, 1.54) is 38.5 Å². The average molecular weight is 328 g/mol. The number of unbranched alkanes of at least 4 members (excludes halogenated alkanes) is 7. The number of carboxylic acids is 1. The minimum Gasteiger partial charge on any atom is -0.507 e.